The Bertz CT molecular complexity index is 2560. The van der Waals surface area contributed by atoms with Crippen molar-refractivity contribution in [3.05, 3.63) is 168 Å². The molecule has 5 heteroatoms. The Kier molecular flexibility index (Phi) is 8.16. The van der Waals surface area contributed by atoms with Crippen LogP contribution in [0.25, 0.3) is 0 Å². The maximum Gasteiger partial charge on any atom is 0.251 e. The molecular weight excluding hydrogens is 697 g/mol. The highest BCUT2D eigenvalue weighted by molar-refractivity contribution is 7.22. The molecule has 0 N–H and O–H groups in total. The number of para-hydroxylation sites is 5. The van der Waals surface area contributed by atoms with E-state index in [1.165, 1.54) is 65.2 Å². The number of anilines is 3. The largest absolute Gasteiger partial charge is 0.458 e. The van der Waals surface area contributed by atoms with E-state index in [-0.39, 0.29) is 6.71 Å². The molecule has 3 aliphatic rings. The number of fused-ring (bicyclic) bond motifs is 10. The van der Waals surface area contributed by atoms with E-state index in [9.17, 15) is 0 Å². The van der Waals surface area contributed by atoms with Crippen LogP contribution in [0.1, 0.15) is 76.0 Å². The number of ether oxygens (including phenoxy) is 2. The summed E-state index contributed by atoms with van der Waals surface area (Å²) in [6, 6.07) is 56.1. The van der Waals surface area contributed by atoms with Crippen LogP contribution in [0.4, 0.5) is 17.1 Å². The Morgan fingerprint density at radius 3 is 1.46 bits per heavy atom. The van der Waals surface area contributed by atoms with Gasteiger partial charge >= 0.3 is 0 Å². The molecule has 0 saturated heterocycles. The van der Waals surface area contributed by atoms with E-state index >= 15 is 0 Å². The SMILES string of the molecule is CC(C)c1cc(C(C)C)c(B2c3ccccc3Oc3cc(N4c5ccccc5[Si]5(c6ccccc6Oc6ccccc65)c5ccccc54)ccc32)c(C(C)C)c1. The van der Waals surface area contributed by atoms with E-state index in [0.29, 0.717) is 17.8 Å². The van der Waals surface area contributed by atoms with Gasteiger partial charge in [0.15, 0.2) is 8.07 Å². The minimum Gasteiger partial charge on any atom is -0.458 e. The van der Waals surface area contributed by atoms with Gasteiger partial charge in [0.1, 0.15) is 23.0 Å². The van der Waals surface area contributed by atoms with Gasteiger partial charge in [0.25, 0.3) is 6.71 Å². The average Bonchev–Trinajstić information content (AvgIpc) is 3.22. The monoisotopic (exact) mass is 743 g/mol. The first-order valence-electron chi connectivity index (χ1n) is 20.2. The molecule has 274 valence electrons. The van der Waals surface area contributed by atoms with E-state index in [1.54, 1.807) is 0 Å². The summed E-state index contributed by atoms with van der Waals surface area (Å²) in [6.07, 6.45) is 0. The molecule has 3 aliphatic heterocycles. The summed E-state index contributed by atoms with van der Waals surface area (Å²) in [5.74, 6) is 4.95. The lowest BCUT2D eigenvalue weighted by Gasteiger charge is -2.47. The van der Waals surface area contributed by atoms with E-state index in [4.69, 9.17) is 9.47 Å². The molecule has 0 fully saturated rings. The van der Waals surface area contributed by atoms with Crippen LogP contribution in [0.2, 0.25) is 0 Å². The summed E-state index contributed by atoms with van der Waals surface area (Å²) in [5.41, 5.74) is 11.6. The van der Waals surface area contributed by atoms with Crippen molar-refractivity contribution >= 4 is 69.0 Å². The summed E-state index contributed by atoms with van der Waals surface area (Å²) < 4.78 is 13.6. The maximum atomic E-state index is 6.97. The van der Waals surface area contributed by atoms with Crippen molar-refractivity contribution in [2.75, 3.05) is 4.90 Å². The third-order valence-corrected chi connectivity index (χ3v) is 17.3. The molecule has 7 aromatic rings. The molecule has 1 spiro atoms. The zero-order valence-corrected chi connectivity index (χ0v) is 34.0. The van der Waals surface area contributed by atoms with Crippen molar-refractivity contribution in [3.63, 3.8) is 0 Å². The predicted molar refractivity (Wildman–Crippen MR) is 238 cm³/mol. The quantitative estimate of drug-likeness (QED) is 0.165. The van der Waals surface area contributed by atoms with Gasteiger partial charge in [0.05, 0.1) is 0 Å². The fourth-order valence-corrected chi connectivity index (χ4v) is 15.1. The summed E-state index contributed by atoms with van der Waals surface area (Å²) in [6.45, 7) is 14.1. The molecule has 0 aliphatic carbocycles. The van der Waals surface area contributed by atoms with Gasteiger partial charge < -0.3 is 14.4 Å². The van der Waals surface area contributed by atoms with Gasteiger partial charge in [0, 0.05) is 23.1 Å². The molecule has 0 radical (unpaired) electrons. The highest BCUT2D eigenvalue weighted by Gasteiger charge is 2.53. The Labute approximate surface area is 332 Å². The Hall–Kier alpha value is -5.78. The summed E-state index contributed by atoms with van der Waals surface area (Å²) in [7, 11) is -2.80. The second kappa shape index (κ2) is 13.2. The second-order valence-corrected chi connectivity index (χ2v) is 20.2. The highest BCUT2D eigenvalue weighted by Crippen LogP contribution is 2.42. The summed E-state index contributed by atoms with van der Waals surface area (Å²) >= 11 is 0. The van der Waals surface area contributed by atoms with Crippen LogP contribution in [-0.4, -0.2) is 14.8 Å². The third kappa shape index (κ3) is 5.03. The van der Waals surface area contributed by atoms with Crippen molar-refractivity contribution in [3.8, 4) is 23.0 Å². The smallest absolute Gasteiger partial charge is 0.251 e. The second-order valence-electron chi connectivity index (χ2n) is 16.6. The number of hydrogen-bond acceptors (Lipinski definition) is 3. The van der Waals surface area contributed by atoms with Crippen molar-refractivity contribution < 1.29 is 9.47 Å². The Morgan fingerprint density at radius 2 is 0.911 bits per heavy atom. The van der Waals surface area contributed by atoms with Crippen molar-refractivity contribution in [2.24, 2.45) is 0 Å². The van der Waals surface area contributed by atoms with Crippen LogP contribution in [0, 0.1) is 0 Å². The molecule has 10 rings (SSSR count). The minimum atomic E-state index is -2.80. The van der Waals surface area contributed by atoms with E-state index in [2.05, 4.69) is 198 Å². The molecule has 0 amide bonds. The number of benzene rings is 7. The lowest BCUT2D eigenvalue weighted by atomic mass is 9.34. The van der Waals surface area contributed by atoms with Crippen molar-refractivity contribution in [2.45, 2.75) is 59.3 Å². The molecule has 3 heterocycles. The lowest BCUT2D eigenvalue weighted by molar-refractivity contribution is 0.487. The molecular formula is C51H46BNO2Si. The van der Waals surface area contributed by atoms with Crippen LogP contribution in [-0.2, 0) is 0 Å². The van der Waals surface area contributed by atoms with E-state index < -0.39 is 8.07 Å². The topological polar surface area (TPSA) is 21.7 Å². The first kappa shape index (κ1) is 34.7. The predicted octanol–water partition coefficient (Wildman–Crippen LogP) is 8.95. The molecule has 0 unspecified atom stereocenters. The summed E-state index contributed by atoms with van der Waals surface area (Å²) in [5, 5.41) is 5.29. The first-order valence-corrected chi connectivity index (χ1v) is 22.2. The maximum absolute atomic E-state index is 6.97. The van der Waals surface area contributed by atoms with Gasteiger partial charge in [-0.05, 0) is 103 Å². The molecule has 0 saturated carbocycles. The van der Waals surface area contributed by atoms with Gasteiger partial charge in [-0.1, -0.05) is 156 Å². The van der Waals surface area contributed by atoms with Gasteiger partial charge in [-0.3, -0.25) is 0 Å². The Balaban J connectivity index is 1.20. The average molecular weight is 744 g/mol. The zero-order chi connectivity index (χ0) is 38.3. The van der Waals surface area contributed by atoms with Crippen LogP contribution >= 0.6 is 0 Å². The zero-order valence-electron chi connectivity index (χ0n) is 33.0. The molecule has 0 bridgehead atoms. The van der Waals surface area contributed by atoms with Crippen LogP contribution in [0.15, 0.2) is 152 Å². The van der Waals surface area contributed by atoms with E-state index in [1.807, 2.05) is 0 Å². The van der Waals surface area contributed by atoms with Crippen LogP contribution in [0.5, 0.6) is 23.0 Å². The minimum absolute atomic E-state index is 0.0480. The molecule has 7 aromatic carbocycles. The van der Waals surface area contributed by atoms with E-state index in [0.717, 1.165) is 28.7 Å². The van der Waals surface area contributed by atoms with Crippen molar-refractivity contribution in [1.82, 2.24) is 0 Å². The first-order chi connectivity index (χ1) is 27.3. The number of nitrogens with zero attached hydrogens (tertiary/aromatic N) is 1. The summed E-state index contributed by atoms with van der Waals surface area (Å²) in [4.78, 5) is 2.47. The molecule has 0 atom stereocenters. The van der Waals surface area contributed by atoms with Gasteiger partial charge in [-0.25, -0.2) is 0 Å². The fraction of sp³-hybridized carbons (Fsp3) is 0.176. The normalized spacial score (nSPS) is 14.4. The number of hydrogen-bond donors (Lipinski definition) is 0. The fourth-order valence-electron chi connectivity index (χ4n) is 9.84. The van der Waals surface area contributed by atoms with Gasteiger partial charge in [-0.15, -0.1) is 0 Å². The molecule has 56 heavy (non-hydrogen) atoms. The standard InChI is InChI=1S/C51H46BNO2Si/c1-32(2)35-29-37(33(3)4)51(38(30-35)34(5)6)52-39-17-7-10-20-43(39)54-46-31-36(27-28-40(46)52)53-41-18-8-13-23-47(41)56(48-24-14-9-19-42(48)53)49-25-15-11-21-44(49)55-45-22-12-16-26-50(45)56/h7-34H,1-6H3. The van der Waals surface area contributed by atoms with Gasteiger partial charge in [0.2, 0.25) is 0 Å². The van der Waals surface area contributed by atoms with Gasteiger partial charge in [-0.2, -0.15) is 0 Å². The number of rotatable bonds is 5. The molecule has 0 aromatic heterocycles. The third-order valence-electron chi connectivity index (χ3n) is 12.4. The van der Waals surface area contributed by atoms with Crippen LogP contribution < -0.4 is 51.5 Å². The van der Waals surface area contributed by atoms with Crippen molar-refractivity contribution in [1.29, 1.82) is 0 Å². The molecule has 3 nitrogen and oxygen atoms in total. The lowest BCUT2D eigenvalue weighted by Crippen LogP contribution is -2.78. The van der Waals surface area contributed by atoms with Crippen LogP contribution in [0.3, 0.4) is 0 Å². The Morgan fingerprint density at radius 1 is 0.446 bits per heavy atom. The highest BCUT2D eigenvalue weighted by atomic mass is 28.3.